The van der Waals surface area contributed by atoms with E-state index in [-0.39, 0.29) is 17.9 Å². The summed E-state index contributed by atoms with van der Waals surface area (Å²) in [6.07, 6.45) is 1.89. The van der Waals surface area contributed by atoms with Crippen LogP contribution in [-0.4, -0.2) is 6.61 Å². The lowest BCUT2D eigenvalue weighted by molar-refractivity contribution is 0.145. The Kier molecular flexibility index (Phi) is 5.90. The van der Waals surface area contributed by atoms with Crippen LogP contribution < -0.4 is 4.74 Å². The van der Waals surface area contributed by atoms with Gasteiger partial charge in [-0.3, -0.25) is 0 Å². The first-order valence-electron chi connectivity index (χ1n) is 9.35. The van der Waals surface area contributed by atoms with Crippen LogP contribution in [0.3, 0.4) is 0 Å². The molecule has 0 heterocycles. The lowest BCUT2D eigenvalue weighted by Crippen LogP contribution is -2.10. The molecule has 2 aromatic rings. The second-order valence-corrected chi connectivity index (χ2v) is 7.15. The molecule has 0 aromatic heterocycles. The van der Waals surface area contributed by atoms with Gasteiger partial charge < -0.3 is 4.74 Å². The summed E-state index contributed by atoms with van der Waals surface area (Å²) in [5, 5.41) is 0. The quantitative estimate of drug-likeness (QED) is 0.550. The Labute approximate surface area is 153 Å². The van der Waals surface area contributed by atoms with Crippen LogP contribution in [0.15, 0.2) is 36.4 Å². The Morgan fingerprint density at radius 2 is 1.65 bits per heavy atom. The largest absolute Gasteiger partial charge is 0.491 e. The van der Waals surface area contributed by atoms with Gasteiger partial charge in [-0.2, -0.15) is 0 Å². The van der Waals surface area contributed by atoms with E-state index in [1.165, 1.54) is 43.4 Å². The maximum Gasteiger partial charge on any atom is 0.267 e. The normalized spacial score (nSPS) is 20.4. The van der Waals surface area contributed by atoms with Gasteiger partial charge in [0.15, 0.2) is 11.6 Å². The average Bonchev–Trinajstić information content (AvgIpc) is 2.64. The van der Waals surface area contributed by atoms with Crippen LogP contribution >= 0.6 is 0 Å². The molecule has 1 fully saturated rings. The Balaban J connectivity index is 1.90. The number of benzene rings is 2. The molecule has 1 saturated carbocycles. The molecule has 0 spiro atoms. The maximum absolute atomic E-state index is 14.5. The molecule has 0 unspecified atom stereocenters. The van der Waals surface area contributed by atoms with Gasteiger partial charge in [-0.1, -0.05) is 44.0 Å². The zero-order valence-corrected chi connectivity index (χ0v) is 15.3. The summed E-state index contributed by atoms with van der Waals surface area (Å²) >= 11 is 0. The summed E-state index contributed by atoms with van der Waals surface area (Å²) in [7, 11) is 0. The van der Waals surface area contributed by atoms with E-state index in [1.54, 1.807) is 6.92 Å². The van der Waals surface area contributed by atoms with Crippen molar-refractivity contribution in [2.45, 2.75) is 51.9 Å². The Hall–Kier alpha value is -1.97. The second-order valence-electron chi connectivity index (χ2n) is 7.15. The Morgan fingerprint density at radius 1 is 1.00 bits per heavy atom. The predicted octanol–water partition coefficient (Wildman–Crippen LogP) is 7.12. The van der Waals surface area contributed by atoms with Gasteiger partial charge in [0, 0.05) is 0 Å². The summed E-state index contributed by atoms with van der Waals surface area (Å²) < 4.78 is 46.6. The van der Waals surface area contributed by atoms with Crippen molar-refractivity contribution in [3.05, 3.63) is 53.3 Å². The first-order valence-corrected chi connectivity index (χ1v) is 9.35. The third-order valence-corrected chi connectivity index (χ3v) is 5.37. The minimum atomic E-state index is -2.90. The molecule has 3 rings (SSSR count). The van der Waals surface area contributed by atoms with Gasteiger partial charge in [-0.05, 0) is 60.4 Å². The van der Waals surface area contributed by atoms with Crippen LogP contribution in [0.1, 0.15) is 63.0 Å². The van der Waals surface area contributed by atoms with Gasteiger partial charge >= 0.3 is 0 Å². The summed E-state index contributed by atoms with van der Waals surface area (Å²) in [4.78, 5) is 0. The van der Waals surface area contributed by atoms with Crippen LogP contribution in [0.2, 0.25) is 0 Å². The predicted molar refractivity (Wildman–Crippen MR) is 98.3 cm³/mol. The second kappa shape index (κ2) is 8.15. The van der Waals surface area contributed by atoms with Gasteiger partial charge in [0.1, 0.15) is 0 Å². The molecule has 1 aliphatic rings. The minimum absolute atomic E-state index is 0.125. The molecule has 140 valence electrons. The van der Waals surface area contributed by atoms with Gasteiger partial charge in [0.2, 0.25) is 0 Å². The van der Waals surface area contributed by atoms with E-state index in [1.807, 2.05) is 24.3 Å². The molecule has 26 heavy (non-hydrogen) atoms. The first-order chi connectivity index (χ1) is 12.5. The van der Waals surface area contributed by atoms with Crippen molar-refractivity contribution in [3.63, 3.8) is 0 Å². The van der Waals surface area contributed by atoms with Crippen molar-refractivity contribution < 1.29 is 17.9 Å². The average molecular weight is 362 g/mol. The zero-order valence-electron chi connectivity index (χ0n) is 15.3. The van der Waals surface area contributed by atoms with Crippen molar-refractivity contribution in [3.8, 4) is 16.9 Å². The molecular formula is C22H25F3O. The zero-order chi connectivity index (χ0) is 18.7. The minimum Gasteiger partial charge on any atom is -0.491 e. The molecule has 0 atom stereocenters. The fourth-order valence-corrected chi connectivity index (χ4v) is 3.83. The highest BCUT2D eigenvalue weighted by molar-refractivity contribution is 5.69. The van der Waals surface area contributed by atoms with E-state index in [0.717, 1.165) is 5.92 Å². The SMILES string of the molecule is CCOc1ccc(-c2ccc(C3CCC(C)CC3)cc2)c(C(F)F)c1F. The molecule has 2 aromatic carbocycles. The number of hydrogen-bond acceptors (Lipinski definition) is 1. The van der Waals surface area contributed by atoms with Gasteiger partial charge in [0.25, 0.3) is 6.43 Å². The van der Waals surface area contributed by atoms with Crippen molar-refractivity contribution in [2.24, 2.45) is 5.92 Å². The highest BCUT2D eigenvalue weighted by Crippen LogP contribution is 2.39. The lowest BCUT2D eigenvalue weighted by atomic mass is 9.79. The summed E-state index contributed by atoms with van der Waals surface area (Å²) in [6.45, 7) is 4.21. The molecular weight excluding hydrogens is 337 g/mol. The topological polar surface area (TPSA) is 9.23 Å². The molecule has 1 aliphatic carbocycles. The summed E-state index contributed by atoms with van der Waals surface area (Å²) in [6, 6.07) is 10.6. The third kappa shape index (κ3) is 3.89. The fourth-order valence-electron chi connectivity index (χ4n) is 3.83. The van der Waals surface area contributed by atoms with E-state index in [0.29, 0.717) is 11.5 Å². The number of hydrogen-bond donors (Lipinski definition) is 0. The summed E-state index contributed by atoms with van der Waals surface area (Å²) in [5.41, 5.74) is 1.49. The molecule has 0 N–H and O–H groups in total. The van der Waals surface area contributed by atoms with Crippen LogP contribution in [-0.2, 0) is 0 Å². The molecule has 0 saturated heterocycles. The monoisotopic (exact) mass is 362 g/mol. The fraction of sp³-hybridized carbons (Fsp3) is 0.455. The van der Waals surface area contributed by atoms with Gasteiger partial charge in [-0.15, -0.1) is 0 Å². The van der Waals surface area contributed by atoms with E-state index < -0.39 is 17.8 Å². The first kappa shape index (κ1) is 18.8. The molecule has 4 heteroatoms. The lowest BCUT2D eigenvalue weighted by Gasteiger charge is -2.26. The van der Waals surface area contributed by atoms with Crippen molar-refractivity contribution in [1.29, 1.82) is 0 Å². The van der Waals surface area contributed by atoms with E-state index in [2.05, 4.69) is 6.92 Å². The van der Waals surface area contributed by atoms with Gasteiger partial charge in [-0.25, -0.2) is 13.2 Å². The Bertz CT molecular complexity index is 732. The number of alkyl halides is 2. The number of halogens is 3. The third-order valence-electron chi connectivity index (χ3n) is 5.37. The Morgan fingerprint density at radius 3 is 2.23 bits per heavy atom. The van der Waals surface area contributed by atoms with Crippen molar-refractivity contribution in [2.75, 3.05) is 6.61 Å². The standard InChI is InChI=1S/C22H25F3O/c1-3-26-19-13-12-18(20(21(19)23)22(24)25)17-10-8-16(9-11-17)15-6-4-14(2)5-7-15/h8-15,22H,3-7H2,1-2H3. The van der Waals surface area contributed by atoms with Crippen LogP contribution in [0, 0.1) is 11.7 Å². The number of ether oxygens (including phenoxy) is 1. The van der Waals surface area contributed by atoms with Gasteiger partial charge in [0.05, 0.1) is 12.2 Å². The maximum atomic E-state index is 14.5. The van der Waals surface area contributed by atoms with Crippen molar-refractivity contribution >= 4 is 0 Å². The highest BCUT2D eigenvalue weighted by Gasteiger charge is 2.24. The van der Waals surface area contributed by atoms with E-state index >= 15 is 0 Å². The molecule has 0 aliphatic heterocycles. The van der Waals surface area contributed by atoms with Crippen LogP contribution in [0.4, 0.5) is 13.2 Å². The van der Waals surface area contributed by atoms with Crippen LogP contribution in [0.5, 0.6) is 5.75 Å². The number of rotatable bonds is 5. The van der Waals surface area contributed by atoms with E-state index in [4.69, 9.17) is 4.74 Å². The summed E-state index contributed by atoms with van der Waals surface area (Å²) in [5.74, 6) is 0.224. The smallest absolute Gasteiger partial charge is 0.267 e. The highest BCUT2D eigenvalue weighted by atomic mass is 19.3. The molecule has 0 bridgehead atoms. The van der Waals surface area contributed by atoms with Crippen LogP contribution in [0.25, 0.3) is 11.1 Å². The van der Waals surface area contributed by atoms with E-state index in [9.17, 15) is 13.2 Å². The molecule has 1 nitrogen and oxygen atoms in total. The molecule has 0 radical (unpaired) electrons. The molecule has 0 amide bonds. The van der Waals surface area contributed by atoms with Crippen molar-refractivity contribution in [1.82, 2.24) is 0 Å².